The van der Waals surface area contributed by atoms with Gasteiger partial charge >= 0.3 is 5.97 Å². The van der Waals surface area contributed by atoms with Gasteiger partial charge in [-0.2, -0.15) is 0 Å². The largest absolute Gasteiger partial charge is 0.497 e. The Kier molecular flexibility index (Phi) is 4.57. The Bertz CT molecular complexity index is 502. The van der Waals surface area contributed by atoms with E-state index in [9.17, 15) is 9.59 Å². The first-order chi connectivity index (χ1) is 9.61. The maximum atomic E-state index is 12.1. The second-order valence-corrected chi connectivity index (χ2v) is 4.57. The van der Waals surface area contributed by atoms with E-state index in [2.05, 4.69) is 0 Å². The fourth-order valence-corrected chi connectivity index (χ4v) is 2.25. The Morgan fingerprint density at radius 1 is 1.55 bits per heavy atom. The molecule has 1 aliphatic heterocycles. The number of nitrogens with zero attached hydrogens (tertiary/aromatic N) is 1. The number of amides is 1. The first-order valence-electron chi connectivity index (χ1n) is 6.37. The van der Waals surface area contributed by atoms with Crippen molar-refractivity contribution in [2.75, 3.05) is 25.2 Å². The molecule has 1 amide bonds. The first kappa shape index (κ1) is 14.3. The number of aliphatic carboxylic acids is 1. The van der Waals surface area contributed by atoms with Gasteiger partial charge in [0, 0.05) is 18.2 Å². The predicted octanol–water partition coefficient (Wildman–Crippen LogP) is 1.29. The summed E-state index contributed by atoms with van der Waals surface area (Å²) in [7, 11) is 1.56. The monoisotopic (exact) mass is 279 g/mol. The lowest BCUT2D eigenvalue weighted by molar-refractivity contribution is -0.138. The summed E-state index contributed by atoms with van der Waals surface area (Å²) in [5.74, 6) is -0.396. The Hall–Kier alpha value is -2.08. The van der Waals surface area contributed by atoms with Crippen LogP contribution in [0.15, 0.2) is 24.3 Å². The van der Waals surface area contributed by atoms with Gasteiger partial charge in [0.15, 0.2) is 0 Å². The lowest BCUT2D eigenvalue weighted by atomic mass is 10.1. The minimum atomic E-state index is -0.881. The topological polar surface area (TPSA) is 76.1 Å². The number of hydrogen-bond donors (Lipinski definition) is 1. The zero-order chi connectivity index (χ0) is 14.5. The standard InChI is InChI=1S/C14H17NO5/c1-19-12-4-2-3-10(7-12)15-11(5-6-14(17)18)8-20-9-13(15)16/h2-4,7,11H,5-6,8-9H2,1H3,(H,17,18). The van der Waals surface area contributed by atoms with Crippen LogP contribution in [-0.2, 0) is 14.3 Å². The number of carbonyl (C=O) groups is 2. The van der Waals surface area contributed by atoms with Crippen molar-refractivity contribution >= 4 is 17.6 Å². The third kappa shape index (κ3) is 3.27. The SMILES string of the molecule is COc1cccc(N2C(=O)COCC2CCC(=O)O)c1. The van der Waals surface area contributed by atoms with E-state index in [-0.39, 0.29) is 25.0 Å². The predicted molar refractivity (Wildman–Crippen MR) is 72.0 cm³/mol. The normalized spacial score (nSPS) is 18.9. The molecule has 0 aliphatic carbocycles. The highest BCUT2D eigenvalue weighted by atomic mass is 16.5. The molecule has 1 aromatic rings. The number of carbonyl (C=O) groups excluding carboxylic acids is 1. The summed E-state index contributed by atoms with van der Waals surface area (Å²) in [6, 6.07) is 6.89. The van der Waals surface area contributed by atoms with Crippen LogP contribution < -0.4 is 9.64 Å². The van der Waals surface area contributed by atoms with Gasteiger partial charge in [0.2, 0.25) is 0 Å². The van der Waals surface area contributed by atoms with Crippen LogP contribution in [0.2, 0.25) is 0 Å². The van der Waals surface area contributed by atoms with E-state index in [0.29, 0.717) is 24.5 Å². The molecular weight excluding hydrogens is 262 g/mol. The summed E-state index contributed by atoms with van der Waals surface area (Å²) in [5, 5.41) is 8.78. The molecule has 1 N–H and O–H groups in total. The van der Waals surface area contributed by atoms with Crippen molar-refractivity contribution in [2.24, 2.45) is 0 Å². The molecule has 6 heteroatoms. The van der Waals surface area contributed by atoms with Gasteiger partial charge in [0.05, 0.1) is 19.8 Å². The average Bonchev–Trinajstić information content (AvgIpc) is 2.45. The molecule has 0 spiro atoms. The molecule has 1 heterocycles. The van der Waals surface area contributed by atoms with Crippen LogP contribution in [0.4, 0.5) is 5.69 Å². The van der Waals surface area contributed by atoms with Gasteiger partial charge in [0.25, 0.3) is 5.91 Å². The second kappa shape index (κ2) is 6.38. The second-order valence-electron chi connectivity index (χ2n) is 4.57. The van der Waals surface area contributed by atoms with Crippen molar-refractivity contribution in [2.45, 2.75) is 18.9 Å². The van der Waals surface area contributed by atoms with Crippen molar-refractivity contribution in [3.05, 3.63) is 24.3 Å². The maximum absolute atomic E-state index is 12.1. The molecule has 1 atom stereocenters. The molecule has 1 saturated heterocycles. The van der Waals surface area contributed by atoms with E-state index in [1.54, 1.807) is 36.3 Å². The van der Waals surface area contributed by atoms with Crippen LogP contribution >= 0.6 is 0 Å². The maximum Gasteiger partial charge on any atom is 0.303 e. The van der Waals surface area contributed by atoms with Crippen molar-refractivity contribution in [1.29, 1.82) is 0 Å². The lowest BCUT2D eigenvalue weighted by Crippen LogP contribution is -2.49. The molecular formula is C14H17NO5. The molecule has 0 bridgehead atoms. The molecule has 6 nitrogen and oxygen atoms in total. The van der Waals surface area contributed by atoms with Crippen LogP contribution in [0.1, 0.15) is 12.8 Å². The van der Waals surface area contributed by atoms with E-state index in [0.717, 1.165) is 0 Å². The molecule has 2 rings (SSSR count). The third-order valence-corrected chi connectivity index (χ3v) is 3.19. The van der Waals surface area contributed by atoms with Crippen molar-refractivity contribution in [1.82, 2.24) is 0 Å². The number of carboxylic acid groups (broad SMARTS) is 1. The molecule has 20 heavy (non-hydrogen) atoms. The van der Waals surface area contributed by atoms with Crippen LogP contribution in [-0.4, -0.2) is 43.3 Å². The molecule has 0 saturated carbocycles. The van der Waals surface area contributed by atoms with Gasteiger partial charge in [-0.3, -0.25) is 9.59 Å². The molecule has 1 aliphatic rings. The number of methoxy groups -OCH3 is 1. The smallest absolute Gasteiger partial charge is 0.303 e. The van der Waals surface area contributed by atoms with Gasteiger partial charge < -0.3 is 19.5 Å². The van der Waals surface area contributed by atoms with E-state index in [1.807, 2.05) is 0 Å². The van der Waals surface area contributed by atoms with Crippen LogP contribution in [0.3, 0.4) is 0 Å². The van der Waals surface area contributed by atoms with Gasteiger partial charge in [0.1, 0.15) is 12.4 Å². The number of hydrogen-bond acceptors (Lipinski definition) is 4. The summed E-state index contributed by atoms with van der Waals surface area (Å²) in [5.41, 5.74) is 0.702. The van der Waals surface area contributed by atoms with Gasteiger partial charge in [-0.25, -0.2) is 0 Å². The van der Waals surface area contributed by atoms with Crippen LogP contribution in [0, 0.1) is 0 Å². The van der Waals surface area contributed by atoms with E-state index in [4.69, 9.17) is 14.6 Å². The number of carboxylic acids is 1. The van der Waals surface area contributed by atoms with Gasteiger partial charge in [-0.05, 0) is 18.6 Å². The average molecular weight is 279 g/mol. The van der Waals surface area contributed by atoms with Crippen molar-refractivity contribution in [3.63, 3.8) is 0 Å². The highest BCUT2D eigenvalue weighted by Crippen LogP contribution is 2.26. The van der Waals surface area contributed by atoms with Crippen molar-refractivity contribution < 1.29 is 24.2 Å². The fourth-order valence-electron chi connectivity index (χ4n) is 2.25. The first-order valence-corrected chi connectivity index (χ1v) is 6.37. The lowest BCUT2D eigenvalue weighted by Gasteiger charge is -2.35. The number of anilines is 1. The van der Waals surface area contributed by atoms with Crippen LogP contribution in [0.5, 0.6) is 5.75 Å². The van der Waals surface area contributed by atoms with E-state index >= 15 is 0 Å². The third-order valence-electron chi connectivity index (χ3n) is 3.19. The highest BCUT2D eigenvalue weighted by Gasteiger charge is 2.30. The van der Waals surface area contributed by atoms with Crippen LogP contribution in [0.25, 0.3) is 0 Å². The Labute approximate surface area is 116 Å². The van der Waals surface area contributed by atoms with Crippen molar-refractivity contribution in [3.8, 4) is 5.75 Å². The Morgan fingerprint density at radius 3 is 3.05 bits per heavy atom. The minimum absolute atomic E-state index is 0.00176. The summed E-state index contributed by atoms with van der Waals surface area (Å²) in [6.45, 7) is 0.358. The van der Waals surface area contributed by atoms with Gasteiger partial charge in [-0.15, -0.1) is 0 Å². The zero-order valence-corrected chi connectivity index (χ0v) is 11.2. The number of rotatable bonds is 5. The molecule has 0 aromatic heterocycles. The molecule has 108 valence electrons. The summed E-state index contributed by atoms with van der Waals surface area (Å²) < 4.78 is 10.4. The summed E-state index contributed by atoms with van der Waals surface area (Å²) in [6.07, 6.45) is 0.361. The Morgan fingerprint density at radius 2 is 2.35 bits per heavy atom. The van der Waals surface area contributed by atoms with Gasteiger partial charge in [-0.1, -0.05) is 6.07 Å². The zero-order valence-electron chi connectivity index (χ0n) is 11.2. The highest BCUT2D eigenvalue weighted by molar-refractivity contribution is 5.95. The fraction of sp³-hybridized carbons (Fsp3) is 0.429. The molecule has 1 fully saturated rings. The summed E-state index contributed by atoms with van der Waals surface area (Å²) in [4.78, 5) is 24.4. The minimum Gasteiger partial charge on any atom is -0.497 e. The van der Waals surface area contributed by atoms with E-state index < -0.39 is 5.97 Å². The molecule has 1 unspecified atom stereocenters. The number of benzene rings is 1. The quantitative estimate of drug-likeness (QED) is 0.879. The summed E-state index contributed by atoms with van der Waals surface area (Å²) >= 11 is 0. The number of ether oxygens (including phenoxy) is 2. The molecule has 0 radical (unpaired) electrons. The van der Waals surface area contributed by atoms with E-state index in [1.165, 1.54) is 0 Å². The number of morpholine rings is 1. The Balaban J connectivity index is 2.22. The molecule has 1 aromatic carbocycles.